The van der Waals surface area contributed by atoms with Gasteiger partial charge in [-0.1, -0.05) is 0 Å². The predicted molar refractivity (Wildman–Crippen MR) is 69.1 cm³/mol. The van der Waals surface area contributed by atoms with Crippen molar-refractivity contribution in [1.82, 2.24) is 10.3 Å². The van der Waals surface area contributed by atoms with E-state index in [2.05, 4.69) is 43.0 Å². The molecule has 2 rings (SSSR count). The predicted octanol–water partition coefficient (Wildman–Crippen LogP) is 2.55. The highest BCUT2D eigenvalue weighted by Gasteiger charge is 2.25. The summed E-state index contributed by atoms with van der Waals surface area (Å²) >= 11 is 0. The molecular formula is C13H23N3O. The van der Waals surface area contributed by atoms with E-state index in [-0.39, 0.29) is 5.54 Å². The summed E-state index contributed by atoms with van der Waals surface area (Å²) in [5, 5.41) is 3.41. The molecule has 1 aliphatic carbocycles. The molecule has 0 unspecified atom stereocenters. The van der Waals surface area contributed by atoms with Crippen LogP contribution in [0.1, 0.15) is 45.7 Å². The number of rotatable bonds is 4. The molecule has 0 amide bonds. The van der Waals surface area contributed by atoms with Gasteiger partial charge in [-0.3, -0.25) is 0 Å². The molecule has 1 aliphatic rings. The minimum Gasteiger partial charge on any atom is -0.432 e. The third-order valence-electron chi connectivity index (χ3n) is 3.26. The van der Waals surface area contributed by atoms with Crippen molar-refractivity contribution in [3.8, 4) is 0 Å². The van der Waals surface area contributed by atoms with Crippen molar-refractivity contribution >= 4 is 6.01 Å². The van der Waals surface area contributed by atoms with Crippen LogP contribution in [0, 0.1) is 0 Å². The summed E-state index contributed by atoms with van der Waals surface area (Å²) in [5.41, 5.74) is 1.08. The minimum absolute atomic E-state index is 0.110. The molecular weight excluding hydrogens is 214 g/mol. The Morgan fingerprint density at radius 1 is 1.47 bits per heavy atom. The molecule has 1 saturated carbocycles. The van der Waals surface area contributed by atoms with Crippen molar-refractivity contribution in [2.75, 3.05) is 11.9 Å². The molecule has 1 N–H and O–H groups in total. The van der Waals surface area contributed by atoms with Gasteiger partial charge in [-0.15, -0.1) is 0 Å². The summed E-state index contributed by atoms with van der Waals surface area (Å²) in [5.74, 6) is 0. The van der Waals surface area contributed by atoms with E-state index >= 15 is 0 Å². The van der Waals surface area contributed by atoms with E-state index in [4.69, 9.17) is 4.42 Å². The minimum atomic E-state index is 0.110. The summed E-state index contributed by atoms with van der Waals surface area (Å²) < 4.78 is 5.52. The summed E-state index contributed by atoms with van der Waals surface area (Å²) in [7, 11) is 2.07. The average Bonchev–Trinajstić information content (AvgIpc) is 2.58. The Morgan fingerprint density at radius 3 is 2.71 bits per heavy atom. The molecule has 1 fully saturated rings. The Kier molecular flexibility index (Phi) is 3.43. The summed E-state index contributed by atoms with van der Waals surface area (Å²) in [6.07, 6.45) is 5.60. The molecule has 0 aliphatic heterocycles. The van der Waals surface area contributed by atoms with Crippen molar-refractivity contribution in [2.24, 2.45) is 0 Å². The van der Waals surface area contributed by atoms with Gasteiger partial charge in [-0.25, -0.2) is 0 Å². The van der Waals surface area contributed by atoms with Gasteiger partial charge < -0.3 is 14.6 Å². The molecule has 1 aromatic heterocycles. The monoisotopic (exact) mass is 237 g/mol. The standard InChI is InChI=1S/C13H23N3O/c1-13(2,3)14-8-10-9-17-12(15-10)16(4)11-6-5-7-11/h9,11,14H,5-8H2,1-4H3. The van der Waals surface area contributed by atoms with E-state index in [1.54, 1.807) is 6.26 Å². The van der Waals surface area contributed by atoms with Gasteiger partial charge in [0.1, 0.15) is 6.26 Å². The number of anilines is 1. The lowest BCUT2D eigenvalue weighted by molar-refractivity contribution is 0.379. The third kappa shape index (κ3) is 3.22. The molecule has 17 heavy (non-hydrogen) atoms. The van der Waals surface area contributed by atoms with Crippen molar-refractivity contribution in [3.63, 3.8) is 0 Å². The number of nitrogens with one attached hydrogen (secondary N) is 1. The molecule has 0 radical (unpaired) electrons. The Morgan fingerprint density at radius 2 is 2.18 bits per heavy atom. The second-order valence-electron chi connectivity index (χ2n) is 5.92. The van der Waals surface area contributed by atoms with Crippen LogP contribution in [0.5, 0.6) is 0 Å². The van der Waals surface area contributed by atoms with Gasteiger partial charge in [0.05, 0.1) is 5.69 Å². The van der Waals surface area contributed by atoms with Crippen molar-refractivity contribution in [2.45, 2.75) is 58.2 Å². The van der Waals surface area contributed by atoms with Crippen molar-refractivity contribution < 1.29 is 4.42 Å². The average molecular weight is 237 g/mol. The molecule has 0 saturated heterocycles. The van der Waals surface area contributed by atoms with Crippen LogP contribution >= 0.6 is 0 Å². The van der Waals surface area contributed by atoms with Gasteiger partial charge in [0.25, 0.3) is 6.01 Å². The molecule has 0 spiro atoms. The first kappa shape index (κ1) is 12.4. The molecule has 0 bridgehead atoms. The highest BCUT2D eigenvalue weighted by atomic mass is 16.4. The molecule has 0 aromatic carbocycles. The Hall–Kier alpha value is -1.03. The fourth-order valence-electron chi connectivity index (χ4n) is 1.83. The third-order valence-corrected chi connectivity index (χ3v) is 3.26. The first-order chi connectivity index (χ1) is 7.96. The smallest absolute Gasteiger partial charge is 0.297 e. The van der Waals surface area contributed by atoms with Crippen molar-refractivity contribution in [1.29, 1.82) is 0 Å². The van der Waals surface area contributed by atoms with Crippen LogP contribution in [-0.4, -0.2) is 23.6 Å². The summed E-state index contributed by atoms with van der Waals surface area (Å²) in [6.45, 7) is 7.20. The van der Waals surface area contributed by atoms with Gasteiger partial charge in [0.15, 0.2) is 0 Å². The van der Waals surface area contributed by atoms with E-state index in [9.17, 15) is 0 Å². The van der Waals surface area contributed by atoms with E-state index in [1.807, 2.05) is 0 Å². The zero-order chi connectivity index (χ0) is 12.5. The van der Waals surface area contributed by atoms with Crippen LogP contribution in [0.2, 0.25) is 0 Å². The lowest BCUT2D eigenvalue weighted by Gasteiger charge is -2.33. The topological polar surface area (TPSA) is 41.3 Å². The van der Waals surface area contributed by atoms with Crippen LogP contribution < -0.4 is 10.2 Å². The first-order valence-electron chi connectivity index (χ1n) is 6.38. The number of hydrogen-bond acceptors (Lipinski definition) is 4. The maximum absolute atomic E-state index is 5.52. The SMILES string of the molecule is CN(c1nc(CNC(C)(C)C)co1)C1CCC1. The maximum Gasteiger partial charge on any atom is 0.297 e. The maximum atomic E-state index is 5.52. The molecule has 96 valence electrons. The van der Waals surface area contributed by atoms with Crippen LogP contribution in [-0.2, 0) is 6.54 Å². The fourth-order valence-corrected chi connectivity index (χ4v) is 1.83. The lowest BCUT2D eigenvalue weighted by Crippen LogP contribution is -2.37. The zero-order valence-corrected chi connectivity index (χ0v) is 11.3. The Balaban J connectivity index is 1.91. The summed E-state index contributed by atoms with van der Waals surface area (Å²) in [6, 6.07) is 1.37. The number of oxazole rings is 1. The van der Waals surface area contributed by atoms with Crippen LogP contribution in [0.3, 0.4) is 0 Å². The number of hydrogen-bond donors (Lipinski definition) is 1. The zero-order valence-electron chi connectivity index (χ0n) is 11.3. The molecule has 1 heterocycles. The quantitative estimate of drug-likeness (QED) is 0.873. The summed E-state index contributed by atoms with van der Waals surface area (Å²) in [4.78, 5) is 6.67. The van der Waals surface area contributed by atoms with Crippen molar-refractivity contribution in [3.05, 3.63) is 12.0 Å². The van der Waals surface area contributed by atoms with Crippen LogP contribution in [0.15, 0.2) is 10.7 Å². The largest absolute Gasteiger partial charge is 0.432 e. The Labute approximate surface area is 103 Å². The van der Waals surface area contributed by atoms with Gasteiger partial charge in [0, 0.05) is 25.2 Å². The molecule has 4 heteroatoms. The second kappa shape index (κ2) is 4.69. The van der Waals surface area contributed by atoms with E-state index in [0.29, 0.717) is 6.04 Å². The number of nitrogens with zero attached hydrogens (tertiary/aromatic N) is 2. The highest BCUT2D eigenvalue weighted by Crippen LogP contribution is 2.27. The van der Waals surface area contributed by atoms with Gasteiger partial charge >= 0.3 is 0 Å². The van der Waals surface area contributed by atoms with Gasteiger partial charge in [0.2, 0.25) is 0 Å². The fraction of sp³-hybridized carbons (Fsp3) is 0.769. The highest BCUT2D eigenvalue weighted by molar-refractivity contribution is 5.28. The molecule has 1 aromatic rings. The normalized spacial score (nSPS) is 16.9. The Bertz CT molecular complexity index is 363. The number of aromatic nitrogens is 1. The first-order valence-corrected chi connectivity index (χ1v) is 6.38. The van der Waals surface area contributed by atoms with E-state index in [0.717, 1.165) is 18.3 Å². The molecule has 4 nitrogen and oxygen atoms in total. The van der Waals surface area contributed by atoms with E-state index < -0.39 is 0 Å². The second-order valence-corrected chi connectivity index (χ2v) is 5.92. The van der Waals surface area contributed by atoms with Crippen LogP contribution in [0.25, 0.3) is 0 Å². The van der Waals surface area contributed by atoms with Gasteiger partial charge in [-0.05, 0) is 40.0 Å². The van der Waals surface area contributed by atoms with E-state index in [1.165, 1.54) is 19.3 Å². The van der Waals surface area contributed by atoms with Crippen LogP contribution in [0.4, 0.5) is 6.01 Å². The lowest BCUT2D eigenvalue weighted by atomic mass is 9.92. The van der Waals surface area contributed by atoms with Gasteiger partial charge in [-0.2, -0.15) is 4.98 Å². The molecule has 0 atom stereocenters.